The number of ketones is 1. The Kier molecular flexibility index (Phi) is 9.45. The van der Waals surface area contributed by atoms with Crippen molar-refractivity contribution in [2.45, 2.75) is 22.4 Å². The maximum Gasteiger partial charge on any atom is 0.350 e. The topological polar surface area (TPSA) is 315 Å². The Morgan fingerprint density at radius 1 is 1.16 bits per heavy atom. The number of carbonyl (C=O) groups excluding carboxylic acids is 5. The van der Waals surface area contributed by atoms with Crippen LogP contribution in [0.3, 0.4) is 0 Å². The number of oxime groups is 1. The highest BCUT2D eigenvalue weighted by Gasteiger charge is 2.66. The fourth-order valence-corrected chi connectivity index (χ4v) is 7.32. The number of carboxylic acids is 2. The molecule has 260 valence electrons. The van der Waals surface area contributed by atoms with E-state index in [9.17, 15) is 54.0 Å². The molecule has 24 heteroatoms. The molecule has 9 N–H and O–H groups in total. The van der Waals surface area contributed by atoms with Crippen LogP contribution in [0.15, 0.2) is 22.7 Å². The summed E-state index contributed by atoms with van der Waals surface area (Å²) in [6, 6.07) is -0.513. The van der Waals surface area contributed by atoms with Crippen molar-refractivity contribution >= 4 is 87.0 Å². The minimum Gasteiger partial charge on any atom is -0.504 e. The van der Waals surface area contributed by atoms with Gasteiger partial charge in [0.25, 0.3) is 11.7 Å². The standard InChI is InChI=1S/C25H23ClN8O13S2/c26-12-8(1-2-10(36)16(12)38)15(37)18(40)30-34-4-3-33(24(34)46)25(22(44)45)7-32-19(41)14(20(32)49-25)29-17(39)13(9-6-48-23(27)28-9)31-47-11(5-35)21(42)43/h1-2,6,11,14,20,35-36,38H,3-5,7H2,(H2,27,28)(H,29,39)(H,30,40)(H,42,43)(H,44,45)/b31-13-/t11?,14-,20-,25?/m1/s1. The molecule has 0 spiro atoms. The molecule has 21 nitrogen and oxygen atoms in total. The monoisotopic (exact) mass is 742 g/mol. The lowest BCUT2D eigenvalue weighted by atomic mass is 10.1. The highest BCUT2D eigenvalue weighted by atomic mass is 35.5. The maximum absolute atomic E-state index is 13.4. The molecule has 4 atom stereocenters. The number of nitrogens with one attached hydrogen (secondary N) is 2. The number of fused-ring (bicyclic) bond motifs is 1. The lowest BCUT2D eigenvalue weighted by molar-refractivity contribution is -0.153. The number of aliphatic carboxylic acids is 2. The van der Waals surface area contributed by atoms with Gasteiger partial charge in [-0.1, -0.05) is 28.5 Å². The van der Waals surface area contributed by atoms with Crippen LogP contribution >= 0.6 is 34.7 Å². The number of aromatic nitrogens is 1. The van der Waals surface area contributed by atoms with Crippen molar-refractivity contribution in [2.75, 3.05) is 32.0 Å². The van der Waals surface area contributed by atoms with Crippen molar-refractivity contribution in [3.63, 3.8) is 0 Å². The SMILES string of the molecule is Nc1nc(/C(=N/OC(CO)C(=O)O)C(=O)N[C@@H]2C(=O)N3CC(C(=O)O)(N4CCN(NC(=O)C(=O)c5ccc(O)c(O)c5Cl)C4=O)S[C@H]23)cs1. The number of nitrogen functional groups attached to an aromatic ring is 1. The number of Topliss-reactive ketones (excluding diaryl/α,β-unsaturated/α-hetero) is 1. The normalized spacial score (nSPS) is 22.3. The molecular formula is C25H23ClN8O13S2. The average molecular weight is 743 g/mol. The fraction of sp³-hybridized carbons (Fsp3) is 0.320. The molecule has 3 aliphatic rings. The third-order valence-corrected chi connectivity index (χ3v) is 10.1. The number of halogens is 1. The van der Waals surface area contributed by atoms with Crippen molar-refractivity contribution in [1.29, 1.82) is 0 Å². The van der Waals surface area contributed by atoms with Gasteiger partial charge in [0.1, 0.15) is 17.1 Å². The molecule has 2 aromatic rings. The Labute approximate surface area is 285 Å². The number of nitrogens with two attached hydrogens (primary N) is 1. The van der Waals surface area contributed by atoms with Crippen LogP contribution in [0.1, 0.15) is 16.1 Å². The van der Waals surface area contributed by atoms with E-state index in [0.29, 0.717) is 16.8 Å². The first-order valence-corrected chi connectivity index (χ1v) is 15.7. The first-order valence-electron chi connectivity index (χ1n) is 13.6. The molecule has 3 saturated heterocycles. The molecule has 2 unspecified atom stereocenters. The van der Waals surface area contributed by atoms with Gasteiger partial charge in [0, 0.05) is 11.9 Å². The van der Waals surface area contributed by atoms with Gasteiger partial charge in [-0.15, -0.1) is 11.3 Å². The Balaban J connectivity index is 1.30. The number of rotatable bonds is 12. The number of benzene rings is 1. The summed E-state index contributed by atoms with van der Waals surface area (Å²) in [6.45, 7) is -2.10. The van der Waals surface area contributed by atoms with Crippen LogP contribution in [0.2, 0.25) is 5.02 Å². The molecule has 0 aliphatic carbocycles. The number of aromatic hydroxyl groups is 2. The Bertz CT molecular complexity index is 1820. The summed E-state index contributed by atoms with van der Waals surface area (Å²) in [4.78, 5) is 97.5. The lowest BCUT2D eigenvalue weighted by Crippen LogP contribution is -2.68. The number of hydrogen-bond donors (Lipinski definition) is 8. The molecule has 1 aromatic carbocycles. The number of aliphatic hydroxyl groups is 1. The molecule has 1 aromatic heterocycles. The number of carboxylic acid groups (broad SMARTS) is 2. The van der Waals surface area contributed by atoms with E-state index in [-0.39, 0.29) is 23.9 Å². The zero-order chi connectivity index (χ0) is 35.9. The number of thiazole rings is 1. The zero-order valence-electron chi connectivity index (χ0n) is 24.3. The smallest absolute Gasteiger partial charge is 0.350 e. The van der Waals surface area contributed by atoms with Crippen LogP contribution in [0.5, 0.6) is 11.5 Å². The quantitative estimate of drug-likeness (QED) is 0.0285. The number of β-lactam (4-membered cyclic amide) rings is 1. The predicted molar refractivity (Wildman–Crippen MR) is 164 cm³/mol. The molecule has 0 saturated carbocycles. The zero-order valence-corrected chi connectivity index (χ0v) is 26.7. The Morgan fingerprint density at radius 2 is 1.88 bits per heavy atom. The molecule has 0 radical (unpaired) electrons. The summed E-state index contributed by atoms with van der Waals surface area (Å²) < 4.78 is 0. The first kappa shape index (κ1) is 34.9. The van der Waals surface area contributed by atoms with Crippen molar-refractivity contribution in [3.05, 3.63) is 33.8 Å². The maximum atomic E-state index is 13.4. The van der Waals surface area contributed by atoms with E-state index < -0.39 is 105 Å². The molecule has 5 rings (SSSR count). The summed E-state index contributed by atoms with van der Waals surface area (Å²) >= 11 is 7.40. The van der Waals surface area contributed by atoms with Gasteiger partial charge in [-0.3, -0.25) is 29.5 Å². The van der Waals surface area contributed by atoms with Gasteiger partial charge in [0.2, 0.25) is 16.9 Å². The second-order valence-electron chi connectivity index (χ2n) is 10.3. The number of phenolic OH excluding ortho intramolecular Hbond substituents is 2. The van der Waals surface area contributed by atoms with Gasteiger partial charge < -0.3 is 46.3 Å². The number of phenols is 2. The number of urea groups is 1. The van der Waals surface area contributed by atoms with Gasteiger partial charge in [-0.25, -0.2) is 24.4 Å². The molecule has 4 heterocycles. The number of anilines is 1. The summed E-state index contributed by atoms with van der Waals surface area (Å²) in [7, 11) is 0. The van der Waals surface area contributed by atoms with Crippen LogP contribution in [0.4, 0.5) is 9.93 Å². The largest absolute Gasteiger partial charge is 0.504 e. The van der Waals surface area contributed by atoms with Gasteiger partial charge in [0.15, 0.2) is 22.3 Å². The summed E-state index contributed by atoms with van der Waals surface area (Å²) in [5.41, 5.74) is 6.44. The highest BCUT2D eigenvalue weighted by molar-refractivity contribution is 8.02. The van der Waals surface area contributed by atoms with Crippen LogP contribution in [-0.2, 0) is 28.8 Å². The van der Waals surface area contributed by atoms with E-state index in [4.69, 9.17) is 27.3 Å². The minimum atomic E-state index is -2.11. The summed E-state index contributed by atoms with van der Waals surface area (Å²) in [5.74, 6) is -9.10. The number of thioether (sulfide) groups is 1. The van der Waals surface area contributed by atoms with E-state index in [0.717, 1.165) is 33.3 Å². The predicted octanol–water partition coefficient (Wildman–Crippen LogP) is -2.21. The van der Waals surface area contributed by atoms with E-state index in [1.54, 1.807) is 0 Å². The van der Waals surface area contributed by atoms with Crippen molar-refractivity contribution in [1.82, 2.24) is 30.5 Å². The molecule has 5 amide bonds. The Hall–Kier alpha value is -5.39. The highest BCUT2D eigenvalue weighted by Crippen LogP contribution is 2.49. The number of hydrogen-bond acceptors (Lipinski definition) is 16. The van der Waals surface area contributed by atoms with Gasteiger partial charge in [0.05, 0.1) is 30.3 Å². The summed E-state index contributed by atoms with van der Waals surface area (Å²) in [6.07, 6.45) is -1.85. The number of aliphatic hydroxyl groups excluding tert-OH is 1. The van der Waals surface area contributed by atoms with Crippen LogP contribution in [0, 0.1) is 0 Å². The van der Waals surface area contributed by atoms with Crippen molar-refractivity contribution in [2.24, 2.45) is 5.16 Å². The van der Waals surface area contributed by atoms with Crippen LogP contribution < -0.4 is 16.5 Å². The lowest BCUT2D eigenvalue weighted by Gasteiger charge is -2.41. The van der Waals surface area contributed by atoms with Gasteiger partial charge in [-0.05, 0) is 12.1 Å². The number of carbonyl (C=O) groups is 7. The van der Waals surface area contributed by atoms with E-state index in [1.807, 2.05) is 0 Å². The van der Waals surface area contributed by atoms with E-state index in [1.165, 1.54) is 5.38 Å². The fourth-order valence-electron chi connectivity index (χ4n) is 4.89. The second kappa shape index (κ2) is 13.3. The third kappa shape index (κ3) is 6.18. The number of nitrogens with zero attached hydrogens (tertiary/aromatic N) is 5. The molecular weight excluding hydrogens is 720 g/mol. The average Bonchev–Trinajstić information content (AvgIpc) is 3.76. The number of amides is 5. The minimum absolute atomic E-state index is 0.00394. The van der Waals surface area contributed by atoms with E-state index >= 15 is 0 Å². The molecule has 49 heavy (non-hydrogen) atoms. The summed E-state index contributed by atoms with van der Waals surface area (Å²) in [5, 5.41) is 54.1. The van der Waals surface area contributed by atoms with Crippen molar-refractivity contribution < 1.29 is 63.9 Å². The van der Waals surface area contributed by atoms with Gasteiger partial charge >= 0.3 is 23.9 Å². The van der Waals surface area contributed by atoms with Crippen molar-refractivity contribution in [3.8, 4) is 11.5 Å². The number of hydrazine groups is 1. The molecule has 3 aliphatic heterocycles. The van der Waals surface area contributed by atoms with Crippen LogP contribution in [0.25, 0.3) is 0 Å². The molecule has 3 fully saturated rings. The Morgan fingerprint density at radius 3 is 2.49 bits per heavy atom. The first-order chi connectivity index (χ1) is 23.1. The van der Waals surface area contributed by atoms with E-state index in [2.05, 4.69) is 20.9 Å². The van der Waals surface area contributed by atoms with Gasteiger partial charge in [-0.2, -0.15) is 0 Å². The molecule has 0 bridgehead atoms. The third-order valence-electron chi connectivity index (χ3n) is 7.38. The second-order valence-corrected chi connectivity index (χ2v) is 13.0. The van der Waals surface area contributed by atoms with Crippen LogP contribution in [-0.4, -0.2) is 141 Å².